The first-order valence-corrected chi connectivity index (χ1v) is 8.34. The number of rotatable bonds is 5. The van der Waals surface area contributed by atoms with Crippen molar-refractivity contribution in [2.45, 2.75) is 58.5 Å². The maximum Gasteiger partial charge on any atom is 0.234 e. The molecule has 2 aromatic rings. The number of fused-ring (bicyclic) bond motifs is 1. The normalized spacial score (nSPS) is 16.7. The summed E-state index contributed by atoms with van der Waals surface area (Å²) >= 11 is 0. The SMILES string of the molecule is Cc1cc(C)n2c(CN(CCO)C3CCCCC3)cnc2n1. The summed E-state index contributed by atoms with van der Waals surface area (Å²) in [7, 11) is 0. The Morgan fingerprint density at radius 2 is 2.05 bits per heavy atom. The van der Waals surface area contributed by atoms with E-state index in [9.17, 15) is 5.11 Å². The molecule has 1 aliphatic rings. The van der Waals surface area contributed by atoms with Crippen molar-refractivity contribution in [3.63, 3.8) is 0 Å². The Labute approximate surface area is 132 Å². The molecule has 0 bridgehead atoms. The van der Waals surface area contributed by atoms with Crippen LogP contribution >= 0.6 is 0 Å². The van der Waals surface area contributed by atoms with Gasteiger partial charge in [-0.3, -0.25) is 9.30 Å². The summed E-state index contributed by atoms with van der Waals surface area (Å²) in [6.07, 6.45) is 8.38. The molecule has 22 heavy (non-hydrogen) atoms. The van der Waals surface area contributed by atoms with Crippen LogP contribution in [0.1, 0.15) is 49.2 Å². The van der Waals surface area contributed by atoms with Gasteiger partial charge < -0.3 is 5.11 Å². The van der Waals surface area contributed by atoms with Gasteiger partial charge in [0.15, 0.2) is 0 Å². The van der Waals surface area contributed by atoms with E-state index in [-0.39, 0.29) is 6.61 Å². The monoisotopic (exact) mass is 302 g/mol. The summed E-state index contributed by atoms with van der Waals surface area (Å²) in [6, 6.07) is 2.68. The topological polar surface area (TPSA) is 53.7 Å². The lowest BCUT2D eigenvalue weighted by Crippen LogP contribution is -2.38. The van der Waals surface area contributed by atoms with Gasteiger partial charge in [0.25, 0.3) is 0 Å². The zero-order valence-electron chi connectivity index (χ0n) is 13.6. The first-order chi connectivity index (χ1) is 10.7. The third-order valence-corrected chi connectivity index (χ3v) is 4.71. The van der Waals surface area contributed by atoms with Crippen molar-refractivity contribution in [3.8, 4) is 0 Å². The summed E-state index contributed by atoms with van der Waals surface area (Å²) in [4.78, 5) is 11.4. The molecule has 1 saturated carbocycles. The van der Waals surface area contributed by atoms with E-state index in [1.165, 1.54) is 43.5 Å². The number of aryl methyl sites for hydroxylation is 2. The maximum absolute atomic E-state index is 9.42. The highest BCUT2D eigenvalue weighted by molar-refractivity contribution is 5.35. The standard InChI is InChI=1S/C17H26N4O/c1-13-10-14(2)21-16(11-18-17(21)19-13)12-20(8-9-22)15-6-4-3-5-7-15/h10-11,15,22H,3-9,12H2,1-2H3. The molecule has 5 heteroatoms. The van der Waals surface area contributed by atoms with Crippen molar-refractivity contribution < 1.29 is 5.11 Å². The predicted molar refractivity (Wildman–Crippen MR) is 86.8 cm³/mol. The van der Waals surface area contributed by atoms with E-state index in [4.69, 9.17) is 0 Å². The van der Waals surface area contributed by atoms with E-state index in [2.05, 4.69) is 32.3 Å². The summed E-state index contributed by atoms with van der Waals surface area (Å²) in [5, 5.41) is 9.42. The molecule has 2 aromatic heterocycles. The molecule has 0 spiro atoms. The number of aromatic nitrogens is 3. The minimum atomic E-state index is 0.212. The highest BCUT2D eigenvalue weighted by atomic mass is 16.3. The molecule has 0 radical (unpaired) electrons. The Balaban J connectivity index is 1.86. The zero-order valence-corrected chi connectivity index (χ0v) is 13.6. The Morgan fingerprint density at radius 3 is 2.77 bits per heavy atom. The summed E-state index contributed by atoms with van der Waals surface area (Å²) in [6.45, 7) is 5.88. The van der Waals surface area contributed by atoms with Gasteiger partial charge in [0, 0.05) is 30.5 Å². The van der Waals surface area contributed by atoms with Crippen LogP contribution in [0.5, 0.6) is 0 Å². The third-order valence-electron chi connectivity index (χ3n) is 4.71. The van der Waals surface area contributed by atoms with Crippen LogP contribution in [0.3, 0.4) is 0 Å². The fraction of sp³-hybridized carbons (Fsp3) is 0.647. The van der Waals surface area contributed by atoms with Gasteiger partial charge in [0.2, 0.25) is 5.78 Å². The highest BCUT2D eigenvalue weighted by Crippen LogP contribution is 2.24. The van der Waals surface area contributed by atoms with Crippen molar-refractivity contribution >= 4 is 5.78 Å². The molecule has 2 heterocycles. The predicted octanol–water partition coefficient (Wildman–Crippen LogP) is 2.47. The third kappa shape index (κ3) is 3.15. The van der Waals surface area contributed by atoms with Gasteiger partial charge in [-0.15, -0.1) is 0 Å². The maximum atomic E-state index is 9.42. The number of aliphatic hydroxyl groups is 1. The van der Waals surface area contributed by atoms with E-state index < -0.39 is 0 Å². The van der Waals surface area contributed by atoms with Gasteiger partial charge in [-0.2, -0.15) is 0 Å². The highest BCUT2D eigenvalue weighted by Gasteiger charge is 2.22. The fourth-order valence-corrected chi connectivity index (χ4v) is 3.68. The lowest BCUT2D eigenvalue weighted by atomic mass is 9.94. The van der Waals surface area contributed by atoms with Crippen molar-refractivity contribution in [1.29, 1.82) is 0 Å². The Morgan fingerprint density at radius 1 is 1.27 bits per heavy atom. The molecule has 0 saturated heterocycles. The van der Waals surface area contributed by atoms with Gasteiger partial charge in [0.1, 0.15) is 0 Å². The molecule has 0 aliphatic heterocycles. The molecular formula is C17H26N4O. The van der Waals surface area contributed by atoms with Gasteiger partial charge >= 0.3 is 0 Å². The average Bonchev–Trinajstić information content (AvgIpc) is 2.91. The second-order valence-corrected chi connectivity index (χ2v) is 6.41. The van der Waals surface area contributed by atoms with Crippen molar-refractivity contribution in [3.05, 3.63) is 29.3 Å². The summed E-state index contributed by atoms with van der Waals surface area (Å²) in [5.74, 6) is 0.778. The molecule has 5 nitrogen and oxygen atoms in total. The molecule has 1 N–H and O–H groups in total. The smallest absolute Gasteiger partial charge is 0.234 e. The van der Waals surface area contributed by atoms with Gasteiger partial charge in [0.05, 0.1) is 18.5 Å². The zero-order chi connectivity index (χ0) is 15.5. The van der Waals surface area contributed by atoms with Crippen LogP contribution in [0.25, 0.3) is 5.78 Å². The number of hydrogen-bond acceptors (Lipinski definition) is 4. The van der Waals surface area contributed by atoms with Crippen LogP contribution in [0.2, 0.25) is 0 Å². The second kappa shape index (κ2) is 6.75. The Kier molecular flexibility index (Phi) is 4.74. The first-order valence-electron chi connectivity index (χ1n) is 8.34. The number of imidazole rings is 1. The van der Waals surface area contributed by atoms with E-state index >= 15 is 0 Å². The largest absolute Gasteiger partial charge is 0.395 e. The van der Waals surface area contributed by atoms with Crippen LogP contribution in [0, 0.1) is 13.8 Å². The molecule has 0 atom stereocenters. The molecule has 3 rings (SSSR count). The van der Waals surface area contributed by atoms with E-state index in [1.807, 2.05) is 13.1 Å². The van der Waals surface area contributed by atoms with Crippen LogP contribution in [-0.4, -0.2) is 43.6 Å². The number of aliphatic hydroxyl groups excluding tert-OH is 1. The lowest BCUT2D eigenvalue weighted by molar-refractivity contribution is 0.115. The lowest BCUT2D eigenvalue weighted by Gasteiger charge is -2.33. The van der Waals surface area contributed by atoms with E-state index in [0.717, 1.165) is 24.6 Å². The molecule has 0 unspecified atom stereocenters. The fourth-order valence-electron chi connectivity index (χ4n) is 3.68. The molecule has 120 valence electrons. The summed E-state index contributed by atoms with van der Waals surface area (Å²) in [5.41, 5.74) is 3.34. The van der Waals surface area contributed by atoms with E-state index in [1.54, 1.807) is 0 Å². The van der Waals surface area contributed by atoms with Gasteiger partial charge in [-0.05, 0) is 32.8 Å². The molecule has 0 amide bonds. The minimum Gasteiger partial charge on any atom is -0.395 e. The van der Waals surface area contributed by atoms with Crippen molar-refractivity contribution in [2.75, 3.05) is 13.2 Å². The van der Waals surface area contributed by atoms with Crippen LogP contribution in [0.15, 0.2) is 12.3 Å². The van der Waals surface area contributed by atoms with Gasteiger partial charge in [-0.1, -0.05) is 19.3 Å². The molecule has 1 aliphatic carbocycles. The minimum absolute atomic E-state index is 0.212. The molecule has 0 aromatic carbocycles. The Bertz CT molecular complexity index is 631. The average molecular weight is 302 g/mol. The van der Waals surface area contributed by atoms with Crippen LogP contribution in [-0.2, 0) is 6.54 Å². The van der Waals surface area contributed by atoms with Crippen molar-refractivity contribution in [2.24, 2.45) is 0 Å². The summed E-state index contributed by atoms with van der Waals surface area (Å²) < 4.78 is 2.14. The molecular weight excluding hydrogens is 276 g/mol. The van der Waals surface area contributed by atoms with Gasteiger partial charge in [-0.25, -0.2) is 9.97 Å². The Hall–Kier alpha value is -1.46. The number of nitrogens with zero attached hydrogens (tertiary/aromatic N) is 4. The van der Waals surface area contributed by atoms with E-state index in [0.29, 0.717) is 6.04 Å². The molecule has 1 fully saturated rings. The van der Waals surface area contributed by atoms with Crippen molar-refractivity contribution in [1.82, 2.24) is 19.3 Å². The van der Waals surface area contributed by atoms with Crippen LogP contribution in [0.4, 0.5) is 0 Å². The van der Waals surface area contributed by atoms with Crippen LogP contribution < -0.4 is 0 Å². The number of hydrogen-bond donors (Lipinski definition) is 1. The second-order valence-electron chi connectivity index (χ2n) is 6.41. The first kappa shape index (κ1) is 15.4. The quantitative estimate of drug-likeness (QED) is 0.922.